The van der Waals surface area contributed by atoms with Crippen molar-refractivity contribution in [2.75, 3.05) is 6.54 Å². The van der Waals surface area contributed by atoms with Gasteiger partial charge in [0.1, 0.15) is 17.4 Å². The molecule has 0 atom stereocenters. The number of carbonyl (C=O) groups excluding carboxylic acids is 1. The average Bonchev–Trinajstić information content (AvgIpc) is 3.20. The Bertz CT molecular complexity index is 1110. The number of hydrogen-bond donors (Lipinski definition) is 1. The van der Waals surface area contributed by atoms with Crippen molar-refractivity contribution in [1.29, 1.82) is 0 Å². The Hall–Kier alpha value is -2.99. The summed E-state index contributed by atoms with van der Waals surface area (Å²) in [5.41, 5.74) is 3.50. The number of aryl methyl sites for hydroxylation is 1. The van der Waals surface area contributed by atoms with E-state index in [-0.39, 0.29) is 23.4 Å². The SMILES string of the molecule is CC/C=C(/CCNC(=O)c1cc(Cc2cc(F)ccc2F)on1)c1cc(Cl)ccc1C. The van der Waals surface area contributed by atoms with Gasteiger partial charge in [0.25, 0.3) is 5.91 Å². The maximum absolute atomic E-state index is 13.8. The minimum absolute atomic E-state index is 0.00129. The maximum atomic E-state index is 13.8. The van der Waals surface area contributed by atoms with Gasteiger partial charge in [-0.05, 0) is 72.4 Å². The lowest BCUT2D eigenvalue weighted by atomic mass is 9.97. The monoisotopic (exact) mass is 444 g/mol. The molecule has 1 aromatic heterocycles. The number of hydrogen-bond acceptors (Lipinski definition) is 3. The standard InChI is InChI=1S/C24H23ClF2N2O2/c1-3-4-16(21-13-18(25)6-5-15(21)2)9-10-28-24(30)23-14-20(31-29-23)12-17-11-19(26)7-8-22(17)27/h4-8,11,13-14H,3,9-10,12H2,1-2H3,(H,28,30)/b16-4-. The van der Waals surface area contributed by atoms with Crippen molar-refractivity contribution >= 4 is 23.1 Å². The van der Waals surface area contributed by atoms with Crippen LogP contribution in [0.5, 0.6) is 0 Å². The highest BCUT2D eigenvalue weighted by Crippen LogP contribution is 2.25. The smallest absolute Gasteiger partial charge is 0.273 e. The summed E-state index contributed by atoms with van der Waals surface area (Å²) in [5, 5.41) is 7.23. The zero-order valence-corrected chi connectivity index (χ0v) is 18.1. The minimum Gasteiger partial charge on any atom is -0.360 e. The van der Waals surface area contributed by atoms with Gasteiger partial charge in [0, 0.05) is 24.1 Å². The molecule has 0 saturated carbocycles. The summed E-state index contributed by atoms with van der Waals surface area (Å²) >= 11 is 6.14. The molecule has 4 nitrogen and oxygen atoms in total. The molecule has 3 rings (SSSR count). The molecule has 0 radical (unpaired) electrons. The van der Waals surface area contributed by atoms with Crippen molar-refractivity contribution < 1.29 is 18.1 Å². The van der Waals surface area contributed by atoms with Crippen LogP contribution in [-0.4, -0.2) is 17.6 Å². The van der Waals surface area contributed by atoms with Crippen LogP contribution >= 0.6 is 11.6 Å². The molecule has 1 N–H and O–H groups in total. The molecule has 0 saturated heterocycles. The van der Waals surface area contributed by atoms with Gasteiger partial charge in [0.15, 0.2) is 5.69 Å². The first kappa shape index (κ1) is 22.7. The minimum atomic E-state index is -0.546. The molecule has 0 bridgehead atoms. The van der Waals surface area contributed by atoms with E-state index in [1.165, 1.54) is 6.07 Å². The van der Waals surface area contributed by atoms with Crippen LogP contribution in [0.1, 0.15) is 52.7 Å². The first-order valence-corrected chi connectivity index (χ1v) is 10.4. The molecule has 0 aliphatic rings. The highest BCUT2D eigenvalue weighted by atomic mass is 35.5. The third-order valence-corrected chi connectivity index (χ3v) is 5.08. The van der Waals surface area contributed by atoms with Crippen LogP contribution in [0.2, 0.25) is 5.02 Å². The molecule has 1 amide bonds. The van der Waals surface area contributed by atoms with E-state index in [1.807, 2.05) is 25.1 Å². The molecule has 3 aromatic rings. The fourth-order valence-electron chi connectivity index (χ4n) is 3.30. The third-order valence-electron chi connectivity index (χ3n) is 4.84. The molecule has 0 aliphatic carbocycles. The summed E-state index contributed by atoms with van der Waals surface area (Å²) in [4.78, 5) is 12.4. The summed E-state index contributed by atoms with van der Waals surface area (Å²) in [7, 11) is 0. The molecule has 0 unspecified atom stereocenters. The number of carbonyl (C=O) groups is 1. The molecular weight excluding hydrogens is 422 g/mol. The van der Waals surface area contributed by atoms with E-state index in [9.17, 15) is 13.6 Å². The van der Waals surface area contributed by atoms with E-state index in [2.05, 4.69) is 23.5 Å². The Morgan fingerprint density at radius 1 is 1.19 bits per heavy atom. The van der Waals surface area contributed by atoms with Crippen molar-refractivity contribution in [2.24, 2.45) is 0 Å². The molecule has 7 heteroatoms. The van der Waals surface area contributed by atoms with Crippen molar-refractivity contribution in [3.05, 3.63) is 93.3 Å². The second kappa shape index (κ2) is 10.4. The lowest BCUT2D eigenvalue weighted by Crippen LogP contribution is -2.25. The molecule has 0 spiro atoms. The lowest BCUT2D eigenvalue weighted by Gasteiger charge is -2.12. The highest BCUT2D eigenvalue weighted by molar-refractivity contribution is 6.30. The Labute approximate surface area is 184 Å². The first-order valence-electron chi connectivity index (χ1n) is 10.0. The van der Waals surface area contributed by atoms with Crippen molar-refractivity contribution in [1.82, 2.24) is 10.5 Å². The van der Waals surface area contributed by atoms with Crippen LogP contribution in [0.15, 0.2) is 53.1 Å². The zero-order valence-electron chi connectivity index (χ0n) is 17.3. The number of nitrogens with zero attached hydrogens (tertiary/aromatic N) is 1. The fraction of sp³-hybridized carbons (Fsp3) is 0.250. The number of aromatic nitrogens is 1. The van der Waals surface area contributed by atoms with E-state index in [4.69, 9.17) is 16.1 Å². The summed E-state index contributed by atoms with van der Waals surface area (Å²) in [6, 6.07) is 10.4. The van der Waals surface area contributed by atoms with Gasteiger partial charge < -0.3 is 9.84 Å². The predicted octanol–water partition coefficient (Wildman–Crippen LogP) is 6.12. The first-order chi connectivity index (χ1) is 14.9. The molecular formula is C24H23ClF2N2O2. The molecule has 2 aromatic carbocycles. The number of benzene rings is 2. The number of nitrogens with one attached hydrogen (secondary N) is 1. The van der Waals surface area contributed by atoms with Crippen LogP contribution in [0, 0.1) is 18.6 Å². The van der Waals surface area contributed by atoms with Gasteiger partial charge in [0.05, 0.1) is 0 Å². The molecule has 31 heavy (non-hydrogen) atoms. The topological polar surface area (TPSA) is 55.1 Å². The van der Waals surface area contributed by atoms with Crippen LogP contribution < -0.4 is 5.32 Å². The van der Waals surface area contributed by atoms with Crippen molar-refractivity contribution in [2.45, 2.75) is 33.1 Å². The van der Waals surface area contributed by atoms with E-state index in [1.54, 1.807) is 0 Å². The van der Waals surface area contributed by atoms with Gasteiger partial charge >= 0.3 is 0 Å². The Kier molecular flexibility index (Phi) is 7.58. The number of rotatable bonds is 8. The normalized spacial score (nSPS) is 11.6. The van der Waals surface area contributed by atoms with Crippen LogP contribution in [0.4, 0.5) is 8.78 Å². The maximum Gasteiger partial charge on any atom is 0.273 e. The van der Waals surface area contributed by atoms with Gasteiger partial charge in [-0.1, -0.05) is 35.8 Å². The molecule has 0 fully saturated rings. The summed E-state index contributed by atoms with van der Waals surface area (Å²) in [6.07, 6.45) is 3.60. The number of halogens is 3. The molecule has 0 aliphatic heterocycles. The predicted molar refractivity (Wildman–Crippen MR) is 117 cm³/mol. The van der Waals surface area contributed by atoms with Crippen molar-refractivity contribution in [3.63, 3.8) is 0 Å². The van der Waals surface area contributed by atoms with Gasteiger partial charge in [-0.25, -0.2) is 8.78 Å². The lowest BCUT2D eigenvalue weighted by molar-refractivity contribution is 0.0945. The van der Waals surface area contributed by atoms with Gasteiger partial charge in [-0.15, -0.1) is 0 Å². The molecule has 162 valence electrons. The Morgan fingerprint density at radius 3 is 2.77 bits per heavy atom. The van der Waals surface area contributed by atoms with Gasteiger partial charge in [-0.2, -0.15) is 0 Å². The fourth-order valence-corrected chi connectivity index (χ4v) is 3.48. The second-order valence-corrected chi connectivity index (χ2v) is 7.63. The summed E-state index contributed by atoms with van der Waals surface area (Å²) < 4.78 is 32.2. The zero-order chi connectivity index (χ0) is 22.4. The van der Waals surface area contributed by atoms with E-state index < -0.39 is 17.5 Å². The van der Waals surface area contributed by atoms with Crippen LogP contribution in [-0.2, 0) is 6.42 Å². The quantitative estimate of drug-likeness (QED) is 0.455. The summed E-state index contributed by atoms with van der Waals surface area (Å²) in [6.45, 7) is 4.47. The summed E-state index contributed by atoms with van der Waals surface area (Å²) in [5.74, 6) is -1.21. The van der Waals surface area contributed by atoms with E-state index in [0.29, 0.717) is 18.0 Å². The molecule has 1 heterocycles. The van der Waals surface area contributed by atoms with E-state index >= 15 is 0 Å². The highest BCUT2D eigenvalue weighted by Gasteiger charge is 2.15. The Morgan fingerprint density at radius 2 is 2.00 bits per heavy atom. The van der Waals surface area contributed by atoms with E-state index in [0.717, 1.165) is 41.3 Å². The van der Waals surface area contributed by atoms with Crippen LogP contribution in [0.25, 0.3) is 5.57 Å². The van der Waals surface area contributed by atoms with Gasteiger partial charge in [-0.3, -0.25) is 4.79 Å². The average molecular weight is 445 g/mol. The largest absolute Gasteiger partial charge is 0.360 e. The second-order valence-electron chi connectivity index (χ2n) is 7.19. The third kappa shape index (κ3) is 6.01. The van der Waals surface area contributed by atoms with Crippen molar-refractivity contribution in [3.8, 4) is 0 Å². The number of amides is 1. The Balaban J connectivity index is 1.61. The number of allylic oxidation sites excluding steroid dienone is 1. The van der Waals surface area contributed by atoms with Crippen LogP contribution in [0.3, 0.4) is 0 Å². The van der Waals surface area contributed by atoms with Gasteiger partial charge in [0.2, 0.25) is 0 Å².